The second-order valence-electron chi connectivity index (χ2n) is 5.89. The maximum Gasteiger partial charge on any atom is 0.573 e. The van der Waals surface area contributed by atoms with Gasteiger partial charge in [-0.2, -0.15) is 5.10 Å². The molecule has 0 aliphatic rings. The number of nitrogens with one attached hydrogen (secondary N) is 1. The number of ether oxygens (including phenoxy) is 1. The minimum atomic E-state index is -4.68. The van der Waals surface area contributed by atoms with Crippen LogP contribution >= 0.6 is 0 Å². The van der Waals surface area contributed by atoms with E-state index >= 15 is 0 Å². The van der Waals surface area contributed by atoms with Gasteiger partial charge in [0.1, 0.15) is 5.75 Å². The second-order valence-corrected chi connectivity index (χ2v) is 5.89. The molecule has 136 valence electrons. The summed E-state index contributed by atoms with van der Waals surface area (Å²) in [6.45, 7) is 2.61. The molecular weight excluding hydrogens is 343 g/mol. The first kappa shape index (κ1) is 17.8. The van der Waals surface area contributed by atoms with Crippen LogP contribution in [0.15, 0.2) is 67.0 Å². The van der Waals surface area contributed by atoms with Crippen LogP contribution in [0.2, 0.25) is 0 Å². The van der Waals surface area contributed by atoms with Crippen LogP contribution in [0.4, 0.5) is 18.9 Å². The van der Waals surface area contributed by atoms with Gasteiger partial charge in [-0.3, -0.25) is 4.68 Å². The van der Waals surface area contributed by atoms with Crippen molar-refractivity contribution in [3.05, 3.63) is 78.1 Å². The fourth-order valence-electron chi connectivity index (χ4n) is 2.63. The molecule has 0 amide bonds. The van der Waals surface area contributed by atoms with Gasteiger partial charge in [0.2, 0.25) is 0 Å². The van der Waals surface area contributed by atoms with Gasteiger partial charge < -0.3 is 10.1 Å². The van der Waals surface area contributed by atoms with Crippen molar-refractivity contribution < 1.29 is 17.9 Å². The maximum atomic E-state index is 12.2. The molecule has 0 saturated heterocycles. The van der Waals surface area contributed by atoms with E-state index in [1.165, 1.54) is 12.1 Å². The lowest BCUT2D eigenvalue weighted by Gasteiger charge is -2.17. The van der Waals surface area contributed by atoms with E-state index in [1.54, 1.807) is 18.3 Å². The van der Waals surface area contributed by atoms with Crippen molar-refractivity contribution in [3.8, 4) is 5.75 Å². The van der Waals surface area contributed by atoms with E-state index < -0.39 is 6.36 Å². The van der Waals surface area contributed by atoms with Crippen molar-refractivity contribution in [2.45, 2.75) is 25.9 Å². The number of rotatable bonds is 6. The first-order valence-electron chi connectivity index (χ1n) is 8.08. The molecule has 7 heteroatoms. The molecule has 2 aromatic carbocycles. The number of hydrogen-bond donors (Lipinski definition) is 1. The zero-order valence-corrected chi connectivity index (χ0v) is 14.1. The summed E-state index contributed by atoms with van der Waals surface area (Å²) in [5.74, 6) is -0.227. The molecule has 3 aromatic rings. The Kier molecular flexibility index (Phi) is 5.16. The molecule has 1 atom stereocenters. The summed E-state index contributed by atoms with van der Waals surface area (Å²) in [6, 6.07) is 15.6. The largest absolute Gasteiger partial charge is 0.573 e. The zero-order valence-electron chi connectivity index (χ0n) is 14.1. The van der Waals surface area contributed by atoms with Crippen molar-refractivity contribution in [2.75, 3.05) is 5.32 Å². The molecule has 0 aliphatic heterocycles. The van der Waals surface area contributed by atoms with Gasteiger partial charge in [-0.15, -0.1) is 13.2 Å². The average Bonchev–Trinajstić information content (AvgIpc) is 3.07. The van der Waals surface area contributed by atoms with Gasteiger partial charge in [-0.05, 0) is 48.4 Å². The summed E-state index contributed by atoms with van der Waals surface area (Å²) in [5.41, 5.74) is 2.88. The monoisotopic (exact) mass is 361 g/mol. The Bertz CT molecular complexity index is 830. The quantitative estimate of drug-likeness (QED) is 0.671. The van der Waals surface area contributed by atoms with E-state index in [2.05, 4.69) is 15.2 Å². The van der Waals surface area contributed by atoms with Crippen LogP contribution in [-0.4, -0.2) is 16.1 Å². The Morgan fingerprint density at radius 3 is 2.54 bits per heavy atom. The molecule has 1 aromatic heterocycles. The lowest BCUT2D eigenvalue weighted by Crippen LogP contribution is -2.17. The first-order chi connectivity index (χ1) is 12.4. The van der Waals surface area contributed by atoms with E-state index in [0.717, 1.165) is 16.8 Å². The fraction of sp³-hybridized carbons (Fsp3) is 0.211. The van der Waals surface area contributed by atoms with Crippen molar-refractivity contribution in [1.29, 1.82) is 0 Å². The average molecular weight is 361 g/mol. The van der Waals surface area contributed by atoms with Gasteiger partial charge in [0.15, 0.2) is 0 Å². The summed E-state index contributed by atoms with van der Waals surface area (Å²) in [7, 11) is 0. The van der Waals surface area contributed by atoms with Gasteiger partial charge >= 0.3 is 6.36 Å². The fourth-order valence-corrected chi connectivity index (χ4v) is 2.63. The topological polar surface area (TPSA) is 39.1 Å². The Labute approximate surface area is 149 Å². The summed E-state index contributed by atoms with van der Waals surface area (Å²) in [6.07, 6.45) is -1.05. The van der Waals surface area contributed by atoms with Crippen LogP contribution in [-0.2, 0) is 6.54 Å². The SMILES string of the molecule is CC(Nc1cccc(Cn2cccn2)c1)c1ccc(OC(F)(F)F)cc1. The summed E-state index contributed by atoms with van der Waals surface area (Å²) < 4.78 is 42.4. The molecule has 26 heavy (non-hydrogen) atoms. The van der Waals surface area contributed by atoms with E-state index in [1.807, 2.05) is 48.1 Å². The van der Waals surface area contributed by atoms with Gasteiger partial charge in [0, 0.05) is 24.1 Å². The van der Waals surface area contributed by atoms with Crippen LogP contribution in [0.5, 0.6) is 5.75 Å². The number of nitrogens with zero attached hydrogens (tertiary/aromatic N) is 2. The van der Waals surface area contributed by atoms with Gasteiger partial charge in [0.05, 0.1) is 6.54 Å². The van der Waals surface area contributed by atoms with E-state index in [0.29, 0.717) is 6.54 Å². The summed E-state index contributed by atoms with van der Waals surface area (Å²) in [4.78, 5) is 0. The van der Waals surface area contributed by atoms with Crippen LogP contribution in [0.25, 0.3) is 0 Å². The van der Waals surface area contributed by atoms with Crippen molar-refractivity contribution in [3.63, 3.8) is 0 Å². The number of alkyl halides is 3. The highest BCUT2D eigenvalue weighted by Crippen LogP contribution is 2.26. The van der Waals surface area contributed by atoms with Crippen LogP contribution in [0.3, 0.4) is 0 Å². The van der Waals surface area contributed by atoms with Crippen molar-refractivity contribution in [2.24, 2.45) is 0 Å². The number of aromatic nitrogens is 2. The Morgan fingerprint density at radius 2 is 1.88 bits per heavy atom. The molecule has 0 saturated carbocycles. The molecule has 1 unspecified atom stereocenters. The minimum Gasteiger partial charge on any atom is -0.406 e. The zero-order chi connectivity index (χ0) is 18.6. The summed E-state index contributed by atoms with van der Waals surface area (Å²) in [5, 5.41) is 7.54. The molecule has 0 spiro atoms. The van der Waals surface area contributed by atoms with Crippen molar-refractivity contribution in [1.82, 2.24) is 9.78 Å². The van der Waals surface area contributed by atoms with Crippen LogP contribution in [0.1, 0.15) is 24.1 Å². The standard InChI is InChI=1S/C19H18F3N3O/c1-14(16-6-8-18(9-7-16)26-19(20,21)22)24-17-5-2-4-15(12-17)13-25-11-3-10-23-25/h2-12,14,24H,13H2,1H3. The maximum absolute atomic E-state index is 12.2. The van der Waals surface area contributed by atoms with Crippen LogP contribution in [0, 0.1) is 0 Å². The van der Waals surface area contributed by atoms with Gasteiger partial charge in [-0.1, -0.05) is 24.3 Å². The number of halogens is 3. The Morgan fingerprint density at radius 1 is 1.12 bits per heavy atom. The molecule has 0 bridgehead atoms. The molecule has 0 aliphatic carbocycles. The number of anilines is 1. The smallest absolute Gasteiger partial charge is 0.406 e. The van der Waals surface area contributed by atoms with Crippen molar-refractivity contribution >= 4 is 5.69 Å². The van der Waals surface area contributed by atoms with E-state index in [9.17, 15) is 13.2 Å². The normalized spacial score (nSPS) is 12.6. The first-order valence-corrected chi connectivity index (χ1v) is 8.08. The predicted octanol–water partition coefficient (Wildman–Crippen LogP) is 5.00. The number of benzene rings is 2. The minimum absolute atomic E-state index is 0.0742. The van der Waals surface area contributed by atoms with Crippen LogP contribution < -0.4 is 10.1 Å². The highest BCUT2D eigenvalue weighted by atomic mass is 19.4. The predicted molar refractivity (Wildman–Crippen MR) is 92.9 cm³/mol. The Balaban J connectivity index is 1.65. The third-order valence-electron chi connectivity index (χ3n) is 3.83. The molecule has 0 radical (unpaired) electrons. The molecule has 1 N–H and O–H groups in total. The van der Waals surface area contributed by atoms with Gasteiger partial charge in [0.25, 0.3) is 0 Å². The molecule has 1 heterocycles. The lowest BCUT2D eigenvalue weighted by molar-refractivity contribution is -0.274. The Hall–Kier alpha value is -2.96. The van der Waals surface area contributed by atoms with Gasteiger partial charge in [-0.25, -0.2) is 0 Å². The third kappa shape index (κ3) is 5.02. The lowest BCUT2D eigenvalue weighted by atomic mass is 10.1. The van der Waals surface area contributed by atoms with E-state index in [4.69, 9.17) is 0 Å². The highest BCUT2D eigenvalue weighted by molar-refractivity contribution is 5.48. The van der Waals surface area contributed by atoms with E-state index in [-0.39, 0.29) is 11.8 Å². The third-order valence-corrected chi connectivity index (χ3v) is 3.83. The summed E-state index contributed by atoms with van der Waals surface area (Å²) >= 11 is 0. The number of hydrogen-bond acceptors (Lipinski definition) is 3. The molecule has 4 nitrogen and oxygen atoms in total. The second kappa shape index (κ2) is 7.51. The molecular formula is C19H18F3N3O. The molecule has 0 fully saturated rings. The highest BCUT2D eigenvalue weighted by Gasteiger charge is 2.31. The molecule has 3 rings (SSSR count).